The van der Waals surface area contributed by atoms with Gasteiger partial charge in [-0.15, -0.1) is 11.3 Å². The summed E-state index contributed by atoms with van der Waals surface area (Å²) >= 11 is 1.88. The molecule has 0 amide bonds. The van der Waals surface area contributed by atoms with E-state index >= 15 is 0 Å². The number of nitrogens with one attached hydrogen (secondary N) is 1. The molecule has 0 aliphatic carbocycles. The van der Waals surface area contributed by atoms with E-state index in [1.165, 1.54) is 85.8 Å². The number of aromatic amines is 1. The zero-order chi connectivity index (χ0) is 26.2. The van der Waals surface area contributed by atoms with E-state index in [0.29, 0.717) is 0 Å². The number of aromatic nitrogens is 1. The Bertz CT molecular complexity index is 2440. The van der Waals surface area contributed by atoms with Crippen LogP contribution in [0.1, 0.15) is 0 Å². The highest BCUT2D eigenvalue weighted by atomic mass is 32.1. The lowest BCUT2D eigenvalue weighted by Gasteiger charge is -2.12. The zero-order valence-electron chi connectivity index (χ0n) is 21.6. The molecule has 9 rings (SSSR count). The smallest absolute Gasteiger partial charge is 0.0544 e. The molecule has 0 aliphatic heterocycles. The average molecular weight is 526 g/mol. The van der Waals surface area contributed by atoms with Crippen LogP contribution in [-0.2, 0) is 0 Å². The summed E-state index contributed by atoms with van der Waals surface area (Å²) in [5.41, 5.74) is 7.40. The van der Waals surface area contributed by atoms with E-state index in [1.807, 2.05) is 11.3 Å². The van der Waals surface area contributed by atoms with Crippen molar-refractivity contribution in [2.45, 2.75) is 0 Å². The molecule has 2 aromatic heterocycles. The summed E-state index contributed by atoms with van der Waals surface area (Å²) in [7, 11) is 0. The van der Waals surface area contributed by atoms with Crippen molar-refractivity contribution >= 4 is 74.9 Å². The van der Waals surface area contributed by atoms with Gasteiger partial charge in [0, 0.05) is 42.0 Å². The van der Waals surface area contributed by atoms with Crippen LogP contribution in [0, 0.1) is 0 Å². The molecule has 0 saturated heterocycles. The lowest BCUT2D eigenvalue weighted by Crippen LogP contribution is -1.86. The molecule has 0 spiro atoms. The molecular formula is C38H23NS. The normalized spacial score (nSPS) is 12.0. The Balaban J connectivity index is 1.28. The predicted octanol–water partition coefficient (Wildman–Crippen LogP) is 11.3. The quantitative estimate of drug-likeness (QED) is 0.231. The average Bonchev–Trinajstić information content (AvgIpc) is 3.58. The molecule has 1 N–H and O–H groups in total. The number of rotatable bonds is 2. The maximum atomic E-state index is 3.78. The van der Waals surface area contributed by atoms with Crippen LogP contribution in [0.3, 0.4) is 0 Å². The van der Waals surface area contributed by atoms with Gasteiger partial charge in [0.15, 0.2) is 0 Å². The Morgan fingerprint density at radius 2 is 1.10 bits per heavy atom. The van der Waals surface area contributed by atoms with Gasteiger partial charge in [-0.2, -0.15) is 0 Å². The molecule has 0 unspecified atom stereocenters. The Labute approximate surface area is 234 Å². The lowest BCUT2D eigenvalue weighted by atomic mass is 9.92. The van der Waals surface area contributed by atoms with Crippen molar-refractivity contribution in [2.24, 2.45) is 0 Å². The molecule has 0 fully saturated rings. The second-order valence-corrected chi connectivity index (χ2v) is 11.7. The van der Waals surface area contributed by atoms with Crippen LogP contribution < -0.4 is 0 Å². The molecule has 0 aliphatic rings. The first-order valence-corrected chi connectivity index (χ1v) is 14.5. The van der Waals surface area contributed by atoms with Crippen LogP contribution in [0.15, 0.2) is 133 Å². The maximum Gasteiger partial charge on any atom is 0.0544 e. The van der Waals surface area contributed by atoms with Gasteiger partial charge < -0.3 is 4.98 Å². The Hall–Kier alpha value is -4.92. The minimum Gasteiger partial charge on any atom is -0.354 e. The van der Waals surface area contributed by atoms with E-state index in [0.717, 1.165) is 0 Å². The fraction of sp³-hybridized carbons (Fsp3) is 0. The molecule has 0 radical (unpaired) electrons. The van der Waals surface area contributed by atoms with E-state index in [9.17, 15) is 0 Å². The fourth-order valence-corrected chi connectivity index (χ4v) is 7.76. The van der Waals surface area contributed by atoms with Gasteiger partial charge in [-0.3, -0.25) is 0 Å². The van der Waals surface area contributed by atoms with Gasteiger partial charge in [0.05, 0.1) is 5.52 Å². The molecule has 2 heterocycles. The summed E-state index contributed by atoms with van der Waals surface area (Å²) in [5.74, 6) is 0. The van der Waals surface area contributed by atoms with Crippen LogP contribution in [-0.4, -0.2) is 4.98 Å². The second-order valence-electron chi connectivity index (χ2n) is 10.6. The van der Waals surface area contributed by atoms with Crippen LogP contribution in [0.25, 0.3) is 85.8 Å². The van der Waals surface area contributed by atoms with Gasteiger partial charge in [-0.25, -0.2) is 0 Å². The largest absolute Gasteiger partial charge is 0.354 e. The number of para-hydroxylation sites is 1. The van der Waals surface area contributed by atoms with Gasteiger partial charge in [0.2, 0.25) is 0 Å². The Morgan fingerprint density at radius 3 is 2.00 bits per heavy atom. The maximum absolute atomic E-state index is 3.78. The molecule has 2 heteroatoms. The van der Waals surface area contributed by atoms with Crippen LogP contribution in [0.2, 0.25) is 0 Å². The van der Waals surface area contributed by atoms with Crippen molar-refractivity contribution in [2.75, 3.05) is 0 Å². The van der Waals surface area contributed by atoms with Crippen molar-refractivity contribution in [3.63, 3.8) is 0 Å². The summed E-state index contributed by atoms with van der Waals surface area (Å²) in [5, 5.41) is 10.4. The first kappa shape index (κ1) is 22.0. The van der Waals surface area contributed by atoms with Gasteiger partial charge in [-0.05, 0) is 56.4 Å². The summed E-state index contributed by atoms with van der Waals surface area (Å²) in [6, 6.07) is 48.9. The molecule has 186 valence electrons. The van der Waals surface area contributed by atoms with Crippen LogP contribution in [0.5, 0.6) is 0 Å². The third kappa shape index (κ3) is 3.08. The van der Waals surface area contributed by atoms with E-state index in [1.54, 1.807) is 0 Å². The highest BCUT2D eigenvalue weighted by molar-refractivity contribution is 7.25. The van der Waals surface area contributed by atoms with E-state index in [2.05, 4.69) is 138 Å². The van der Waals surface area contributed by atoms with E-state index in [4.69, 9.17) is 0 Å². The van der Waals surface area contributed by atoms with Crippen molar-refractivity contribution < 1.29 is 0 Å². The topological polar surface area (TPSA) is 15.8 Å². The number of hydrogen-bond acceptors (Lipinski definition) is 1. The van der Waals surface area contributed by atoms with Crippen molar-refractivity contribution in [3.8, 4) is 22.3 Å². The molecule has 7 aromatic carbocycles. The summed E-state index contributed by atoms with van der Waals surface area (Å²) in [6.07, 6.45) is 0. The van der Waals surface area contributed by atoms with Gasteiger partial charge in [-0.1, -0.05) is 115 Å². The second kappa shape index (κ2) is 8.29. The van der Waals surface area contributed by atoms with Gasteiger partial charge in [0.1, 0.15) is 0 Å². The summed E-state index contributed by atoms with van der Waals surface area (Å²) in [6.45, 7) is 0. The third-order valence-corrected chi connectivity index (χ3v) is 9.56. The molecule has 0 bridgehead atoms. The molecule has 1 nitrogen and oxygen atoms in total. The number of fused-ring (bicyclic) bond motifs is 9. The Morgan fingerprint density at radius 1 is 0.425 bits per heavy atom. The molecular weight excluding hydrogens is 502 g/mol. The molecule has 0 atom stereocenters. The molecule has 0 saturated carbocycles. The van der Waals surface area contributed by atoms with Crippen molar-refractivity contribution in [1.29, 1.82) is 0 Å². The first-order chi connectivity index (χ1) is 19.8. The van der Waals surface area contributed by atoms with Gasteiger partial charge >= 0.3 is 0 Å². The fourth-order valence-electron chi connectivity index (χ4n) is 6.61. The monoisotopic (exact) mass is 525 g/mol. The van der Waals surface area contributed by atoms with Crippen LogP contribution in [0.4, 0.5) is 0 Å². The first-order valence-electron chi connectivity index (χ1n) is 13.7. The number of hydrogen-bond donors (Lipinski definition) is 1. The third-order valence-electron chi connectivity index (χ3n) is 8.42. The highest BCUT2D eigenvalue weighted by Gasteiger charge is 2.15. The standard InChI is InChI=1S/C38H23NS/c1-2-9-26-23(8-1)19-21-34-37(26)33-16-7-15-32(38(33)39-34)29-14-6-12-27-25(11-5-13-28(27)29)24-18-20-31-30-10-3-4-17-35(30)40-36(31)22-24/h1-22,39H. The Kier molecular flexibility index (Phi) is 4.55. The highest BCUT2D eigenvalue weighted by Crippen LogP contribution is 2.42. The van der Waals surface area contributed by atoms with Crippen LogP contribution >= 0.6 is 11.3 Å². The number of H-pyrrole nitrogens is 1. The SMILES string of the molecule is c1ccc2c(c1)ccc1[nH]c3c(-c4cccc5c(-c6ccc7c(c6)sc6ccccc67)cccc45)cccc3c12. The minimum atomic E-state index is 1.18. The van der Waals surface area contributed by atoms with E-state index < -0.39 is 0 Å². The summed E-state index contributed by atoms with van der Waals surface area (Å²) in [4.78, 5) is 3.78. The molecule has 9 aromatic rings. The minimum absolute atomic E-state index is 1.18. The number of thiophene rings is 1. The molecule has 40 heavy (non-hydrogen) atoms. The predicted molar refractivity (Wildman–Crippen MR) is 175 cm³/mol. The summed E-state index contributed by atoms with van der Waals surface area (Å²) < 4.78 is 2.68. The van der Waals surface area contributed by atoms with Gasteiger partial charge in [0.25, 0.3) is 0 Å². The van der Waals surface area contributed by atoms with Crippen molar-refractivity contribution in [1.82, 2.24) is 4.98 Å². The van der Waals surface area contributed by atoms with E-state index in [-0.39, 0.29) is 0 Å². The van der Waals surface area contributed by atoms with Crippen molar-refractivity contribution in [3.05, 3.63) is 133 Å². The number of benzene rings is 7. The zero-order valence-corrected chi connectivity index (χ0v) is 22.4. The lowest BCUT2D eigenvalue weighted by molar-refractivity contribution is 1.54.